The van der Waals surface area contributed by atoms with E-state index in [1.165, 1.54) is 10.9 Å². The second kappa shape index (κ2) is 6.41. The predicted octanol–water partition coefficient (Wildman–Crippen LogP) is 2.71. The molecule has 2 aromatic rings. The Labute approximate surface area is 137 Å². The molecule has 8 heteroatoms. The average Bonchev–Trinajstić information content (AvgIpc) is 2.90. The number of hydrogen-bond donors (Lipinski definition) is 0. The SMILES string of the molecule is C[C@@H]1CCN(C(=O)Cn2cc([N+](=O)[O-])cn2)c2ccccc2S1. The number of rotatable bonds is 3. The number of benzene rings is 1. The molecule has 0 N–H and O–H groups in total. The molecule has 0 spiro atoms. The van der Waals surface area contributed by atoms with Crippen LogP contribution in [0.5, 0.6) is 0 Å². The van der Waals surface area contributed by atoms with Crippen molar-refractivity contribution in [2.75, 3.05) is 11.4 Å². The summed E-state index contributed by atoms with van der Waals surface area (Å²) in [5, 5.41) is 15.0. The summed E-state index contributed by atoms with van der Waals surface area (Å²) in [6, 6.07) is 7.82. The molecule has 2 heterocycles. The molecule has 7 nitrogen and oxygen atoms in total. The van der Waals surface area contributed by atoms with E-state index in [1.807, 2.05) is 24.3 Å². The van der Waals surface area contributed by atoms with E-state index >= 15 is 0 Å². The molecule has 1 aliphatic heterocycles. The van der Waals surface area contributed by atoms with Gasteiger partial charge in [-0.1, -0.05) is 19.1 Å². The van der Waals surface area contributed by atoms with Gasteiger partial charge < -0.3 is 4.90 Å². The maximum absolute atomic E-state index is 12.7. The van der Waals surface area contributed by atoms with Crippen LogP contribution in [0.1, 0.15) is 13.3 Å². The third-order valence-corrected chi connectivity index (χ3v) is 4.91. The summed E-state index contributed by atoms with van der Waals surface area (Å²) in [7, 11) is 0. The van der Waals surface area contributed by atoms with Crippen molar-refractivity contribution >= 4 is 29.0 Å². The Bertz CT molecular complexity index is 746. The van der Waals surface area contributed by atoms with E-state index in [2.05, 4.69) is 12.0 Å². The van der Waals surface area contributed by atoms with Crippen molar-refractivity contribution in [1.29, 1.82) is 0 Å². The summed E-state index contributed by atoms with van der Waals surface area (Å²) in [6.07, 6.45) is 3.32. The van der Waals surface area contributed by atoms with Gasteiger partial charge in [0.15, 0.2) is 0 Å². The molecular weight excluding hydrogens is 316 g/mol. The fourth-order valence-corrected chi connectivity index (χ4v) is 3.62. The van der Waals surface area contributed by atoms with Gasteiger partial charge in [-0.2, -0.15) is 5.10 Å². The number of hydrogen-bond acceptors (Lipinski definition) is 5. The molecule has 3 rings (SSSR count). The van der Waals surface area contributed by atoms with Gasteiger partial charge in [0.05, 0.1) is 10.6 Å². The number of thioether (sulfide) groups is 1. The van der Waals surface area contributed by atoms with Crippen LogP contribution in [-0.4, -0.2) is 32.4 Å². The van der Waals surface area contributed by atoms with Crippen LogP contribution in [0.15, 0.2) is 41.6 Å². The van der Waals surface area contributed by atoms with Crippen LogP contribution in [0, 0.1) is 10.1 Å². The van der Waals surface area contributed by atoms with E-state index < -0.39 is 4.92 Å². The zero-order valence-electron chi connectivity index (χ0n) is 12.6. The number of para-hydroxylation sites is 1. The molecule has 0 saturated carbocycles. The van der Waals surface area contributed by atoms with Gasteiger partial charge in [-0.05, 0) is 18.6 Å². The van der Waals surface area contributed by atoms with Crippen molar-refractivity contribution in [3.8, 4) is 0 Å². The Hall–Kier alpha value is -2.35. The number of nitro groups is 1. The molecule has 1 aromatic carbocycles. The van der Waals surface area contributed by atoms with E-state index in [9.17, 15) is 14.9 Å². The first kappa shape index (κ1) is 15.5. The van der Waals surface area contributed by atoms with Crippen molar-refractivity contribution in [2.24, 2.45) is 0 Å². The average molecular weight is 332 g/mol. The van der Waals surface area contributed by atoms with Gasteiger partial charge in [-0.3, -0.25) is 19.6 Å². The maximum atomic E-state index is 12.7. The molecule has 1 aliphatic rings. The van der Waals surface area contributed by atoms with E-state index in [4.69, 9.17) is 0 Å². The van der Waals surface area contributed by atoms with Gasteiger partial charge in [0.25, 0.3) is 0 Å². The van der Waals surface area contributed by atoms with Gasteiger partial charge in [0, 0.05) is 16.7 Å². The molecule has 1 amide bonds. The lowest BCUT2D eigenvalue weighted by molar-refractivity contribution is -0.385. The molecule has 23 heavy (non-hydrogen) atoms. The quantitative estimate of drug-likeness (QED) is 0.637. The number of carbonyl (C=O) groups is 1. The third kappa shape index (κ3) is 3.37. The summed E-state index contributed by atoms with van der Waals surface area (Å²) < 4.78 is 1.31. The highest BCUT2D eigenvalue weighted by Crippen LogP contribution is 2.37. The first-order chi connectivity index (χ1) is 11.0. The van der Waals surface area contributed by atoms with Crippen LogP contribution in [0.4, 0.5) is 11.4 Å². The lowest BCUT2D eigenvalue weighted by atomic mass is 10.2. The predicted molar refractivity (Wildman–Crippen MR) is 87.6 cm³/mol. The normalized spacial score (nSPS) is 17.4. The molecule has 0 saturated heterocycles. The van der Waals surface area contributed by atoms with Crippen LogP contribution >= 0.6 is 11.8 Å². The minimum Gasteiger partial charge on any atom is -0.310 e. The largest absolute Gasteiger partial charge is 0.310 e. The van der Waals surface area contributed by atoms with Crippen molar-refractivity contribution in [2.45, 2.75) is 30.0 Å². The summed E-state index contributed by atoms with van der Waals surface area (Å²) in [6.45, 7) is 2.76. The van der Waals surface area contributed by atoms with Gasteiger partial charge in [0.1, 0.15) is 18.9 Å². The van der Waals surface area contributed by atoms with Crippen LogP contribution in [0.25, 0.3) is 0 Å². The Kier molecular flexibility index (Phi) is 4.33. The Morgan fingerprint density at radius 1 is 1.48 bits per heavy atom. The molecule has 0 aliphatic carbocycles. The number of aromatic nitrogens is 2. The molecular formula is C15H16N4O3S. The van der Waals surface area contributed by atoms with Crippen LogP contribution in [0.3, 0.4) is 0 Å². The highest BCUT2D eigenvalue weighted by molar-refractivity contribution is 8.00. The standard InChI is InChI=1S/C15H16N4O3S/c1-11-6-7-18(13-4-2-3-5-14(13)23-11)15(20)10-17-9-12(8-16-17)19(21)22/h2-5,8-9,11H,6-7,10H2,1H3/t11-/m1/s1. The molecule has 0 fully saturated rings. The minimum atomic E-state index is -0.520. The summed E-state index contributed by atoms with van der Waals surface area (Å²) >= 11 is 1.76. The fourth-order valence-electron chi connectivity index (χ4n) is 2.50. The lowest BCUT2D eigenvalue weighted by Crippen LogP contribution is -2.35. The van der Waals surface area contributed by atoms with Crippen LogP contribution in [-0.2, 0) is 11.3 Å². The minimum absolute atomic E-state index is 0.0127. The zero-order chi connectivity index (χ0) is 16.4. The smallest absolute Gasteiger partial charge is 0.307 e. The first-order valence-electron chi connectivity index (χ1n) is 7.27. The Balaban J connectivity index is 1.82. The van der Waals surface area contributed by atoms with Crippen molar-refractivity contribution < 1.29 is 9.72 Å². The summed E-state index contributed by atoms with van der Waals surface area (Å²) in [5.74, 6) is -0.120. The molecule has 1 aromatic heterocycles. The first-order valence-corrected chi connectivity index (χ1v) is 8.15. The third-order valence-electron chi connectivity index (χ3n) is 3.67. The van der Waals surface area contributed by atoms with Crippen LogP contribution < -0.4 is 4.90 Å². The second-order valence-corrected chi connectivity index (χ2v) is 6.86. The topological polar surface area (TPSA) is 81.3 Å². The number of fused-ring (bicyclic) bond motifs is 1. The number of amides is 1. The van der Waals surface area contributed by atoms with E-state index in [0.717, 1.165) is 23.2 Å². The zero-order valence-corrected chi connectivity index (χ0v) is 13.4. The maximum Gasteiger partial charge on any atom is 0.307 e. The lowest BCUT2D eigenvalue weighted by Gasteiger charge is -2.22. The molecule has 0 radical (unpaired) electrons. The second-order valence-electron chi connectivity index (χ2n) is 5.38. The van der Waals surface area contributed by atoms with Gasteiger partial charge in [-0.25, -0.2) is 0 Å². The Morgan fingerprint density at radius 3 is 3.00 bits per heavy atom. The van der Waals surface area contributed by atoms with E-state index in [-0.39, 0.29) is 18.1 Å². The van der Waals surface area contributed by atoms with E-state index in [0.29, 0.717) is 11.8 Å². The molecule has 0 unspecified atom stereocenters. The highest BCUT2D eigenvalue weighted by Gasteiger charge is 2.24. The highest BCUT2D eigenvalue weighted by atomic mass is 32.2. The number of carbonyl (C=O) groups excluding carboxylic acids is 1. The monoisotopic (exact) mass is 332 g/mol. The number of anilines is 1. The molecule has 120 valence electrons. The summed E-state index contributed by atoms with van der Waals surface area (Å²) in [5.41, 5.74) is 0.784. The van der Waals surface area contributed by atoms with Gasteiger partial charge >= 0.3 is 5.69 Å². The molecule has 0 bridgehead atoms. The van der Waals surface area contributed by atoms with E-state index in [1.54, 1.807) is 16.7 Å². The van der Waals surface area contributed by atoms with Crippen LogP contribution in [0.2, 0.25) is 0 Å². The Morgan fingerprint density at radius 2 is 2.26 bits per heavy atom. The van der Waals surface area contributed by atoms with Gasteiger partial charge in [0.2, 0.25) is 5.91 Å². The van der Waals surface area contributed by atoms with Gasteiger partial charge in [-0.15, -0.1) is 11.8 Å². The fraction of sp³-hybridized carbons (Fsp3) is 0.333. The van der Waals surface area contributed by atoms with Crippen molar-refractivity contribution in [3.63, 3.8) is 0 Å². The van der Waals surface area contributed by atoms with Crippen molar-refractivity contribution in [3.05, 3.63) is 46.8 Å². The van der Waals surface area contributed by atoms with Crippen molar-refractivity contribution in [1.82, 2.24) is 9.78 Å². The molecule has 1 atom stereocenters. The summed E-state index contributed by atoms with van der Waals surface area (Å²) in [4.78, 5) is 25.7. The number of nitrogens with zero attached hydrogens (tertiary/aromatic N) is 4.